The largest absolute Gasteiger partial charge is 0.396 e. The lowest BCUT2D eigenvalue weighted by Gasteiger charge is -2.38. The van der Waals surface area contributed by atoms with Gasteiger partial charge in [-0.3, -0.25) is 9.69 Å². The number of aliphatic hydroxyl groups is 1. The molecule has 0 bridgehead atoms. The second kappa shape index (κ2) is 7.20. The molecule has 0 unspecified atom stereocenters. The lowest BCUT2D eigenvalue weighted by molar-refractivity contribution is -0.120. The van der Waals surface area contributed by atoms with E-state index in [1.165, 1.54) is 13.0 Å². The Bertz CT molecular complexity index is 492. The molecule has 1 saturated heterocycles. The maximum atomic E-state index is 13.8. The third-order valence-electron chi connectivity index (χ3n) is 3.88. The van der Waals surface area contributed by atoms with Crippen LogP contribution in [-0.4, -0.2) is 41.7 Å². The third kappa shape index (κ3) is 4.15. The molecule has 2 atom stereocenters. The number of hydrogen-bond donors (Lipinski definition) is 2. The molecule has 21 heavy (non-hydrogen) atoms. The molecule has 0 radical (unpaired) electrons. The Morgan fingerprint density at radius 2 is 2.33 bits per heavy atom. The van der Waals surface area contributed by atoms with Crippen molar-refractivity contribution < 1.29 is 14.3 Å². The molecule has 0 aliphatic carbocycles. The Hall–Kier alpha value is -1.17. The van der Waals surface area contributed by atoms with E-state index in [0.29, 0.717) is 23.7 Å². The van der Waals surface area contributed by atoms with E-state index in [2.05, 4.69) is 10.2 Å². The first kappa shape index (κ1) is 16.2. The van der Waals surface area contributed by atoms with Gasteiger partial charge in [-0.15, -0.1) is 0 Å². The molecule has 0 saturated carbocycles. The van der Waals surface area contributed by atoms with E-state index in [9.17, 15) is 14.3 Å². The molecule has 116 valence electrons. The fraction of sp³-hybridized carbons (Fsp3) is 0.533. The van der Waals surface area contributed by atoms with E-state index in [4.69, 9.17) is 11.6 Å². The molecule has 6 heteroatoms. The summed E-state index contributed by atoms with van der Waals surface area (Å²) in [4.78, 5) is 13.2. The van der Waals surface area contributed by atoms with Crippen LogP contribution >= 0.6 is 11.6 Å². The number of halogens is 2. The van der Waals surface area contributed by atoms with Gasteiger partial charge in [-0.25, -0.2) is 4.39 Å². The zero-order valence-corrected chi connectivity index (χ0v) is 12.7. The normalized spacial score (nSPS) is 23.0. The van der Waals surface area contributed by atoms with Crippen molar-refractivity contribution in [1.29, 1.82) is 0 Å². The molecule has 1 fully saturated rings. The van der Waals surface area contributed by atoms with Crippen molar-refractivity contribution in [1.82, 2.24) is 10.2 Å². The van der Waals surface area contributed by atoms with Gasteiger partial charge in [0.1, 0.15) is 5.82 Å². The number of nitrogens with zero attached hydrogens (tertiary/aromatic N) is 1. The predicted molar refractivity (Wildman–Crippen MR) is 79.5 cm³/mol. The van der Waals surface area contributed by atoms with Gasteiger partial charge >= 0.3 is 0 Å². The highest BCUT2D eigenvalue weighted by molar-refractivity contribution is 6.31. The number of likely N-dealkylation sites (tertiary alicyclic amines) is 1. The van der Waals surface area contributed by atoms with Gasteiger partial charge in [0.25, 0.3) is 0 Å². The van der Waals surface area contributed by atoms with Crippen LogP contribution in [0.2, 0.25) is 5.02 Å². The number of piperidine rings is 1. The van der Waals surface area contributed by atoms with E-state index in [0.717, 1.165) is 13.0 Å². The van der Waals surface area contributed by atoms with Crippen LogP contribution in [0.25, 0.3) is 0 Å². The molecule has 0 spiro atoms. The lowest BCUT2D eigenvalue weighted by atomic mass is 9.92. The summed E-state index contributed by atoms with van der Waals surface area (Å²) in [6, 6.07) is 4.63. The number of amides is 1. The topological polar surface area (TPSA) is 52.6 Å². The van der Waals surface area contributed by atoms with Gasteiger partial charge in [-0.05, 0) is 18.6 Å². The Labute approximate surface area is 128 Å². The average Bonchev–Trinajstić information content (AvgIpc) is 2.44. The summed E-state index contributed by atoms with van der Waals surface area (Å²) >= 11 is 6.04. The highest BCUT2D eigenvalue weighted by Crippen LogP contribution is 2.24. The molecule has 4 nitrogen and oxygen atoms in total. The summed E-state index contributed by atoms with van der Waals surface area (Å²) in [5.74, 6) is -0.454. The highest BCUT2D eigenvalue weighted by Gasteiger charge is 2.29. The van der Waals surface area contributed by atoms with Gasteiger partial charge in [0.15, 0.2) is 0 Å². The fourth-order valence-corrected chi connectivity index (χ4v) is 3.02. The predicted octanol–water partition coefficient (Wildman–Crippen LogP) is 1.80. The second-order valence-corrected chi connectivity index (χ2v) is 5.88. The molecular formula is C15H20ClFN2O2. The quantitative estimate of drug-likeness (QED) is 0.891. The number of carbonyl (C=O) groups is 1. The van der Waals surface area contributed by atoms with Gasteiger partial charge in [0, 0.05) is 55.7 Å². The van der Waals surface area contributed by atoms with Crippen molar-refractivity contribution in [3.63, 3.8) is 0 Å². The summed E-state index contributed by atoms with van der Waals surface area (Å²) < 4.78 is 13.8. The van der Waals surface area contributed by atoms with Gasteiger partial charge in [0.2, 0.25) is 5.91 Å². The van der Waals surface area contributed by atoms with E-state index >= 15 is 0 Å². The summed E-state index contributed by atoms with van der Waals surface area (Å²) in [7, 11) is 0. The monoisotopic (exact) mass is 314 g/mol. The molecule has 2 N–H and O–H groups in total. The van der Waals surface area contributed by atoms with Crippen LogP contribution in [0.3, 0.4) is 0 Å². The molecule has 1 aliphatic heterocycles. The summed E-state index contributed by atoms with van der Waals surface area (Å²) in [6.07, 6.45) is 0.733. The number of carbonyl (C=O) groups excluding carboxylic acids is 1. The van der Waals surface area contributed by atoms with E-state index < -0.39 is 0 Å². The molecule has 1 heterocycles. The van der Waals surface area contributed by atoms with E-state index in [1.807, 2.05) is 0 Å². The number of nitrogens with one attached hydrogen (secondary N) is 1. The molecular weight excluding hydrogens is 295 g/mol. The molecule has 1 aromatic rings. The van der Waals surface area contributed by atoms with Crippen molar-refractivity contribution in [2.45, 2.75) is 25.9 Å². The number of rotatable bonds is 4. The zero-order chi connectivity index (χ0) is 15.4. The van der Waals surface area contributed by atoms with Crippen LogP contribution in [0, 0.1) is 11.7 Å². The van der Waals surface area contributed by atoms with Crippen molar-refractivity contribution in [2.24, 2.45) is 5.92 Å². The van der Waals surface area contributed by atoms with Crippen LogP contribution in [-0.2, 0) is 11.3 Å². The smallest absolute Gasteiger partial charge is 0.217 e. The van der Waals surface area contributed by atoms with Gasteiger partial charge < -0.3 is 10.4 Å². The summed E-state index contributed by atoms with van der Waals surface area (Å²) in [6.45, 7) is 3.21. The molecule has 1 amide bonds. The number of benzene rings is 1. The minimum absolute atomic E-state index is 0.00749. The number of hydrogen-bond acceptors (Lipinski definition) is 3. The van der Waals surface area contributed by atoms with Gasteiger partial charge in [-0.1, -0.05) is 17.7 Å². The Kier molecular flexibility index (Phi) is 5.56. The first-order valence-corrected chi connectivity index (χ1v) is 7.42. The molecule has 1 aliphatic rings. The minimum atomic E-state index is -0.313. The summed E-state index contributed by atoms with van der Waals surface area (Å²) in [5.41, 5.74) is 0.480. The van der Waals surface area contributed by atoms with Gasteiger partial charge in [-0.2, -0.15) is 0 Å². The third-order valence-corrected chi connectivity index (χ3v) is 4.24. The van der Waals surface area contributed by atoms with Crippen molar-refractivity contribution >= 4 is 17.5 Å². The highest BCUT2D eigenvalue weighted by atomic mass is 35.5. The lowest BCUT2D eigenvalue weighted by Crippen LogP contribution is -2.51. The fourth-order valence-electron chi connectivity index (χ4n) is 2.79. The van der Waals surface area contributed by atoms with Crippen LogP contribution in [0.1, 0.15) is 18.9 Å². The van der Waals surface area contributed by atoms with E-state index in [1.54, 1.807) is 12.1 Å². The van der Waals surface area contributed by atoms with Crippen LogP contribution in [0.4, 0.5) is 4.39 Å². The van der Waals surface area contributed by atoms with Crippen molar-refractivity contribution in [3.05, 3.63) is 34.6 Å². The maximum Gasteiger partial charge on any atom is 0.217 e. The average molecular weight is 315 g/mol. The SMILES string of the molecule is CC(=O)N[C@@H]1CCN(Cc2c(F)cccc2Cl)C[C@@H]1CO. The Morgan fingerprint density at radius 1 is 1.57 bits per heavy atom. The zero-order valence-electron chi connectivity index (χ0n) is 12.0. The maximum absolute atomic E-state index is 13.8. The molecule has 2 rings (SSSR count). The first-order chi connectivity index (χ1) is 10.0. The summed E-state index contributed by atoms with van der Waals surface area (Å²) in [5, 5.41) is 12.8. The van der Waals surface area contributed by atoms with E-state index in [-0.39, 0.29) is 30.3 Å². The minimum Gasteiger partial charge on any atom is -0.396 e. The first-order valence-electron chi connectivity index (χ1n) is 7.04. The van der Waals surface area contributed by atoms with Crippen molar-refractivity contribution in [3.8, 4) is 0 Å². The van der Waals surface area contributed by atoms with Gasteiger partial charge in [0.05, 0.1) is 0 Å². The van der Waals surface area contributed by atoms with Crippen LogP contribution in [0.15, 0.2) is 18.2 Å². The van der Waals surface area contributed by atoms with Crippen LogP contribution < -0.4 is 5.32 Å². The Balaban J connectivity index is 2.02. The van der Waals surface area contributed by atoms with Crippen LogP contribution in [0.5, 0.6) is 0 Å². The standard InChI is InChI=1S/C15H20ClFN2O2/c1-10(21)18-15-5-6-19(7-11(15)9-20)8-12-13(16)3-2-4-14(12)17/h2-4,11,15,20H,5-9H2,1H3,(H,18,21)/t11-,15-/m1/s1. The molecule has 1 aromatic carbocycles. The Morgan fingerprint density at radius 3 is 2.95 bits per heavy atom. The van der Waals surface area contributed by atoms with Crippen molar-refractivity contribution in [2.75, 3.05) is 19.7 Å². The second-order valence-electron chi connectivity index (χ2n) is 5.47. The number of aliphatic hydroxyl groups excluding tert-OH is 1. The molecule has 0 aromatic heterocycles.